The zero-order valence-electron chi connectivity index (χ0n) is 15.8. The molecule has 8 nitrogen and oxygen atoms in total. The Bertz CT molecular complexity index is 648. The van der Waals surface area contributed by atoms with Crippen molar-refractivity contribution >= 4 is 24.2 Å². The van der Waals surface area contributed by atoms with E-state index in [2.05, 4.69) is 10.6 Å². The number of benzene rings is 1. The van der Waals surface area contributed by atoms with Gasteiger partial charge in [-0.2, -0.15) is 0 Å². The zero-order valence-corrected chi connectivity index (χ0v) is 15.8. The summed E-state index contributed by atoms with van der Waals surface area (Å²) < 4.78 is 0. The predicted molar refractivity (Wildman–Crippen MR) is 99.5 cm³/mol. The summed E-state index contributed by atoms with van der Waals surface area (Å²) in [5.41, 5.74) is 0.966. The summed E-state index contributed by atoms with van der Waals surface area (Å²) >= 11 is 0. The van der Waals surface area contributed by atoms with E-state index in [1.54, 1.807) is 18.7 Å². The van der Waals surface area contributed by atoms with Crippen LogP contribution in [0.2, 0.25) is 0 Å². The lowest BCUT2D eigenvalue weighted by atomic mass is 10.0. The first-order valence-electron chi connectivity index (χ1n) is 8.84. The molecule has 0 radical (unpaired) electrons. The first-order chi connectivity index (χ1) is 12.8. The molecule has 0 aliphatic heterocycles. The molecule has 8 heteroatoms. The van der Waals surface area contributed by atoms with Crippen LogP contribution < -0.4 is 10.6 Å². The van der Waals surface area contributed by atoms with Crippen molar-refractivity contribution in [2.45, 2.75) is 45.8 Å². The van der Waals surface area contributed by atoms with Gasteiger partial charge in [-0.1, -0.05) is 44.2 Å². The van der Waals surface area contributed by atoms with Crippen LogP contribution >= 0.6 is 0 Å². The van der Waals surface area contributed by atoms with Crippen molar-refractivity contribution in [3.05, 3.63) is 35.9 Å². The summed E-state index contributed by atoms with van der Waals surface area (Å²) in [6.07, 6.45) is -0.293. The van der Waals surface area contributed by atoms with Crippen LogP contribution in [0, 0.1) is 5.92 Å². The maximum Gasteiger partial charge on any atom is 0.305 e. The molecule has 1 aromatic carbocycles. The number of carbonyl (C=O) groups excluding carboxylic acids is 3. The van der Waals surface area contributed by atoms with Gasteiger partial charge in [-0.05, 0) is 18.4 Å². The first kappa shape index (κ1) is 22.1. The lowest BCUT2D eigenvalue weighted by molar-refractivity contribution is -0.141. The Kier molecular flexibility index (Phi) is 8.98. The van der Waals surface area contributed by atoms with Gasteiger partial charge in [0, 0.05) is 13.1 Å². The molecular formula is C19H27N3O5. The molecule has 0 aliphatic rings. The maximum absolute atomic E-state index is 13.0. The van der Waals surface area contributed by atoms with E-state index in [4.69, 9.17) is 5.11 Å². The SMILES string of the molecule is CCN(Cc1ccccc1)C(=O)[C@H](NC(=O)[C@H](CC(=O)O)NC=O)C(C)C. The van der Waals surface area contributed by atoms with Gasteiger partial charge in [-0.25, -0.2) is 0 Å². The van der Waals surface area contributed by atoms with E-state index in [1.807, 2.05) is 37.3 Å². The van der Waals surface area contributed by atoms with E-state index < -0.39 is 30.4 Å². The maximum atomic E-state index is 13.0. The number of nitrogens with zero attached hydrogens (tertiary/aromatic N) is 1. The second kappa shape index (κ2) is 10.9. The fourth-order valence-electron chi connectivity index (χ4n) is 2.60. The molecule has 0 spiro atoms. The monoisotopic (exact) mass is 377 g/mol. The third kappa shape index (κ3) is 7.08. The molecule has 27 heavy (non-hydrogen) atoms. The normalized spacial score (nSPS) is 12.7. The molecule has 0 heterocycles. The Morgan fingerprint density at radius 2 is 1.81 bits per heavy atom. The highest BCUT2D eigenvalue weighted by molar-refractivity contribution is 5.92. The van der Waals surface area contributed by atoms with Gasteiger partial charge in [0.2, 0.25) is 18.2 Å². The molecule has 3 amide bonds. The summed E-state index contributed by atoms with van der Waals surface area (Å²) in [5, 5.41) is 13.7. The van der Waals surface area contributed by atoms with Gasteiger partial charge in [-0.15, -0.1) is 0 Å². The van der Waals surface area contributed by atoms with Crippen LogP contribution in [-0.4, -0.2) is 52.8 Å². The number of carboxylic acid groups (broad SMARTS) is 1. The Hall–Kier alpha value is -2.90. The Morgan fingerprint density at radius 3 is 2.30 bits per heavy atom. The summed E-state index contributed by atoms with van der Waals surface area (Å²) in [5.74, 6) is -2.40. The summed E-state index contributed by atoms with van der Waals surface area (Å²) in [6.45, 7) is 6.29. The summed E-state index contributed by atoms with van der Waals surface area (Å²) in [4.78, 5) is 48.5. The average molecular weight is 377 g/mol. The van der Waals surface area contributed by atoms with Crippen molar-refractivity contribution in [3.8, 4) is 0 Å². The largest absolute Gasteiger partial charge is 0.481 e. The quantitative estimate of drug-likeness (QED) is 0.493. The van der Waals surface area contributed by atoms with Crippen molar-refractivity contribution in [1.82, 2.24) is 15.5 Å². The molecular weight excluding hydrogens is 350 g/mol. The van der Waals surface area contributed by atoms with Gasteiger partial charge in [0.05, 0.1) is 6.42 Å². The minimum Gasteiger partial charge on any atom is -0.481 e. The summed E-state index contributed by atoms with van der Waals surface area (Å²) in [7, 11) is 0. The van der Waals surface area contributed by atoms with Crippen LogP contribution in [0.3, 0.4) is 0 Å². The highest BCUT2D eigenvalue weighted by Crippen LogP contribution is 2.11. The first-order valence-corrected chi connectivity index (χ1v) is 8.84. The Labute approximate surface area is 158 Å². The van der Waals surface area contributed by atoms with E-state index in [1.165, 1.54) is 0 Å². The van der Waals surface area contributed by atoms with Crippen LogP contribution in [0.1, 0.15) is 32.8 Å². The van der Waals surface area contributed by atoms with Crippen LogP contribution in [0.5, 0.6) is 0 Å². The molecule has 148 valence electrons. The highest BCUT2D eigenvalue weighted by Gasteiger charge is 2.31. The molecule has 0 aromatic heterocycles. The number of likely N-dealkylation sites (N-methyl/N-ethyl adjacent to an activating group) is 1. The van der Waals surface area contributed by atoms with Crippen LogP contribution in [-0.2, 0) is 25.7 Å². The smallest absolute Gasteiger partial charge is 0.305 e. The molecule has 0 bridgehead atoms. The van der Waals surface area contributed by atoms with Crippen LogP contribution in [0.25, 0.3) is 0 Å². The second-order valence-corrected chi connectivity index (χ2v) is 6.50. The molecule has 0 saturated heterocycles. The number of hydrogen-bond donors (Lipinski definition) is 3. The van der Waals surface area contributed by atoms with Crippen LogP contribution in [0.4, 0.5) is 0 Å². The molecule has 0 fully saturated rings. The number of nitrogens with one attached hydrogen (secondary N) is 2. The Balaban J connectivity index is 2.90. The molecule has 1 aromatic rings. The van der Waals surface area contributed by atoms with Gasteiger partial charge in [0.1, 0.15) is 12.1 Å². The van der Waals surface area contributed by atoms with E-state index in [9.17, 15) is 19.2 Å². The minimum atomic E-state index is -1.24. The number of aliphatic carboxylic acids is 1. The third-order valence-corrected chi connectivity index (χ3v) is 4.10. The summed E-state index contributed by atoms with van der Waals surface area (Å²) in [6, 6.07) is 7.42. The fourth-order valence-corrected chi connectivity index (χ4v) is 2.60. The minimum absolute atomic E-state index is 0.215. The van der Waals surface area contributed by atoms with Crippen molar-refractivity contribution in [3.63, 3.8) is 0 Å². The van der Waals surface area contributed by atoms with Gasteiger partial charge in [0.15, 0.2) is 0 Å². The molecule has 2 atom stereocenters. The van der Waals surface area contributed by atoms with E-state index >= 15 is 0 Å². The lowest BCUT2D eigenvalue weighted by Crippen LogP contribution is -2.55. The number of carboxylic acids is 1. The van der Waals surface area contributed by atoms with Gasteiger partial charge in [0.25, 0.3) is 0 Å². The molecule has 0 saturated carbocycles. The zero-order chi connectivity index (χ0) is 20.4. The fraction of sp³-hybridized carbons (Fsp3) is 0.474. The number of rotatable bonds is 11. The van der Waals surface area contributed by atoms with E-state index in [-0.39, 0.29) is 18.2 Å². The second-order valence-electron chi connectivity index (χ2n) is 6.50. The molecule has 0 aliphatic carbocycles. The Morgan fingerprint density at radius 1 is 1.19 bits per heavy atom. The number of carbonyl (C=O) groups is 4. The van der Waals surface area contributed by atoms with Gasteiger partial charge >= 0.3 is 5.97 Å². The van der Waals surface area contributed by atoms with Crippen LogP contribution in [0.15, 0.2) is 30.3 Å². The van der Waals surface area contributed by atoms with Crippen molar-refractivity contribution < 1.29 is 24.3 Å². The number of amides is 3. The number of hydrogen-bond acceptors (Lipinski definition) is 4. The predicted octanol–water partition coefficient (Wildman–Crippen LogP) is 0.765. The van der Waals surface area contributed by atoms with Gasteiger partial charge in [-0.3, -0.25) is 19.2 Å². The highest BCUT2D eigenvalue weighted by atomic mass is 16.4. The molecule has 3 N–H and O–H groups in total. The van der Waals surface area contributed by atoms with Gasteiger partial charge < -0.3 is 20.6 Å². The average Bonchev–Trinajstić information content (AvgIpc) is 2.63. The van der Waals surface area contributed by atoms with Crippen molar-refractivity contribution in [2.75, 3.05) is 6.54 Å². The van der Waals surface area contributed by atoms with E-state index in [0.717, 1.165) is 5.56 Å². The van der Waals surface area contributed by atoms with E-state index in [0.29, 0.717) is 13.1 Å². The topological polar surface area (TPSA) is 116 Å². The van der Waals surface area contributed by atoms with Crippen molar-refractivity contribution in [2.24, 2.45) is 5.92 Å². The van der Waals surface area contributed by atoms with Crippen molar-refractivity contribution in [1.29, 1.82) is 0 Å². The molecule has 1 rings (SSSR count). The molecule has 0 unspecified atom stereocenters. The third-order valence-electron chi connectivity index (χ3n) is 4.10. The standard InChI is InChI=1S/C19H27N3O5/c1-4-22(11-14-8-6-5-7-9-14)19(27)17(13(2)3)21-18(26)15(20-12-23)10-16(24)25/h5-9,12-13,15,17H,4,10-11H2,1-3H3,(H,20,23)(H,21,26)(H,24,25)/t15-,17+/m0/s1. The lowest BCUT2D eigenvalue weighted by Gasteiger charge is -2.30.